The van der Waals surface area contributed by atoms with Crippen LogP contribution in [-0.2, 0) is 13.1 Å². The molecule has 0 saturated heterocycles. The van der Waals surface area contributed by atoms with Crippen LogP contribution in [0.15, 0.2) is 36.8 Å². The van der Waals surface area contributed by atoms with Crippen LogP contribution in [0.2, 0.25) is 0 Å². The highest BCUT2D eigenvalue weighted by atomic mass is 16.6. The number of hydrogen-bond acceptors (Lipinski definition) is 5. The molecule has 1 heterocycles. The fourth-order valence-corrected chi connectivity index (χ4v) is 1.80. The topological polar surface area (TPSA) is 116 Å². The first-order chi connectivity index (χ1) is 10.1. The van der Waals surface area contributed by atoms with Gasteiger partial charge in [0.05, 0.1) is 11.3 Å². The molecule has 0 bridgehead atoms. The second-order valence-electron chi connectivity index (χ2n) is 4.40. The molecule has 0 aliphatic carbocycles. The lowest BCUT2D eigenvalue weighted by molar-refractivity contribution is -0.384. The Morgan fingerprint density at radius 1 is 1.48 bits per heavy atom. The van der Waals surface area contributed by atoms with E-state index < -0.39 is 4.92 Å². The molecule has 1 amide bonds. The van der Waals surface area contributed by atoms with Crippen LogP contribution in [0.25, 0.3) is 0 Å². The van der Waals surface area contributed by atoms with Gasteiger partial charge in [0.15, 0.2) is 0 Å². The van der Waals surface area contributed by atoms with Gasteiger partial charge in [-0.05, 0) is 5.56 Å². The molecule has 21 heavy (non-hydrogen) atoms. The van der Waals surface area contributed by atoms with Crippen molar-refractivity contribution >= 4 is 11.6 Å². The molecule has 1 aromatic carbocycles. The van der Waals surface area contributed by atoms with E-state index in [1.807, 2.05) is 0 Å². The van der Waals surface area contributed by atoms with Gasteiger partial charge in [-0.3, -0.25) is 14.9 Å². The van der Waals surface area contributed by atoms with Crippen molar-refractivity contribution in [2.24, 2.45) is 5.73 Å². The van der Waals surface area contributed by atoms with Crippen LogP contribution < -0.4 is 11.1 Å². The highest BCUT2D eigenvalue weighted by molar-refractivity contribution is 5.91. The minimum Gasteiger partial charge on any atom is -0.347 e. The summed E-state index contributed by atoms with van der Waals surface area (Å²) in [5, 5.41) is 13.3. The molecule has 0 aliphatic heterocycles. The Balaban J connectivity index is 1.97. The Kier molecular flexibility index (Phi) is 4.62. The van der Waals surface area contributed by atoms with E-state index in [2.05, 4.69) is 10.3 Å². The van der Waals surface area contributed by atoms with E-state index >= 15 is 0 Å². The summed E-state index contributed by atoms with van der Waals surface area (Å²) in [5.41, 5.74) is 6.35. The molecule has 8 nitrogen and oxygen atoms in total. The van der Waals surface area contributed by atoms with Gasteiger partial charge in [0, 0.05) is 38.0 Å². The third-order valence-electron chi connectivity index (χ3n) is 2.83. The smallest absolute Gasteiger partial charge is 0.271 e. The molecule has 8 heteroatoms. The molecular formula is C13H15N5O3. The zero-order valence-electron chi connectivity index (χ0n) is 11.2. The first-order valence-corrected chi connectivity index (χ1v) is 6.33. The molecule has 2 rings (SSSR count). The maximum Gasteiger partial charge on any atom is 0.271 e. The summed E-state index contributed by atoms with van der Waals surface area (Å²) >= 11 is 0. The second kappa shape index (κ2) is 6.62. The molecule has 0 spiro atoms. The number of carbonyl (C=O) groups is 1. The van der Waals surface area contributed by atoms with Crippen LogP contribution in [0.4, 0.5) is 5.69 Å². The molecule has 0 fully saturated rings. The summed E-state index contributed by atoms with van der Waals surface area (Å²) in [6.07, 6.45) is 3.14. The van der Waals surface area contributed by atoms with Gasteiger partial charge in [-0.1, -0.05) is 12.1 Å². The predicted molar refractivity (Wildman–Crippen MR) is 75.5 cm³/mol. The van der Waals surface area contributed by atoms with Crippen molar-refractivity contribution < 1.29 is 9.72 Å². The molecular weight excluding hydrogens is 274 g/mol. The minimum absolute atomic E-state index is 0.00558. The molecule has 3 N–H and O–H groups in total. The van der Waals surface area contributed by atoms with E-state index in [1.165, 1.54) is 18.5 Å². The van der Waals surface area contributed by atoms with Gasteiger partial charge in [0.25, 0.3) is 11.6 Å². The molecule has 0 saturated carbocycles. The molecule has 0 aliphatic rings. The third-order valence-corrected chi connectivity index (χ3v) is 2.83. The summed E-state index contributed by atoms with van der Waals surface area (Å²) in [4.78, 5) is 26.1. The van der Waals surface area contributed by atoms with Crippen molar-refractivity contribution in [3.05, 3.63) is 58.2 Å². The van der Waals surface area contributed by atoms with Crippen LogP contribution in [0, 0.1) is 10.1 Å². The van der Waals surface area contributed by atoms with Crippen molar-refractivity contribution in [1.29, 1.82) is 0 Å². The number of nitro groups is 1. The van der Waals surface area contributed by atoms with Crippen LogP contribution in [0.3, 0.4) is 0 Å². The van der Waals surface area contributed by atoms with Gasteiger partial charge in [0.1, 0.15) is 5.69 Å². The number of benzene rings is 1. The van der Waals surface area contributed by atoms with Crippen molar-refractivity contribution in [2.45, 2.75) is 13.1 Å². The summed E-state index contributed by atoms with van der Waals surface area (Å²) in [6.45, 7) is 1.25. The van der Waals surface area contributed by atoms with Crippen LogP contribution in [0.1, 0.15) is 16.1 Å². The van der Waals surface area contributed by atoms with Crippen molar-refractivity contribution in [3.8, 4) is 0 Å². The van der Waals surface area contributed by atoms with Crippen molar-refractivity contribution in [3.63, 3.8) is 0 Å². The van der Waals surface area contributed by atoms with E-state index in [1.54, 1.807) is 22.9 Å². The Hall–Kier alpha value is -2.74. The average Bonchev–Trinajstić information content (AvgIpc) is 2.94. The molecule has 0 atom stereocenters. The number of imidazole rings is 1. The lowest BCUT2D eigenvalue weighted by Crippen LogP contribution is -2.23. The molecule has 1 aromatic heterocycles. The van der Waals surface area contributed by atoms with Crippen molar-refractivity contribution in [2.75, 3.05) is 6.54 Å². The summed E-state index contributed by atoms with van der Waals surface area (Å²) in [7, 11) is 0. The number of aromatic nitrogens is 2. The summed E-state index contributed by atoms with van der Waals surface area (Å²) in [6, 6.07) is 6.11. The number of nitro benzene ring substituents is 1. The first-order valence-electron chi connectivity index (χ1n) is 6.33. The Bertz CT molecular complexity index is 653. The fourth-order valence-electron chi connectivity index (χ4n) is 1.80. The van der Waals surface area contributed by atoms with Gasteiger partial charge < -0.3 is 15.6 Å². The van der Waals surface area contributed by atoms with Gasteiger partial charge in [-0.15, -0.1) is 0 Å². The fraction of sp³-hybridized carbons (Fsp3) is 0.231. The SMILES string of the molecule is NCCn1cnc(C(=O)NCc2cccc([N+](=O)[O-])c2)c1. The van der Waals surface area contributed by atoms with Crippen LogP contribution >= 0.6 is 0 Å². The normalized spacial score (nSPS) is 10.3. The number of carbonyl (C=O) groups excluding carboxylic acids is 1. The first kappa shape index (κ1) is 14.7. The third kappa shape index (κ3) is 3.86. The standard InChI is InChI=1S/C13H15N5O3/c14-4-5-17-8-12(16-9-17)13(19)15-7-10-2-1-3-11(6-10)18(20)21/h1-3,6,8-9H,4-5,7,14H2,(H,15,19). The number of hydrogen-bond donors (Lipinski definition) is 2. The summed E-state index contributed by atoms with van der Waals surface area (Å²) in [5.74, 6) is -0.336. The largest absolute Gasteiger partial charge is 0.347 e. The van der Waals surface area contributed by atoms with Crippen LogP contribution in [0.5, 0.6) is 0 Å². The lowest BCUT2D eigenvalue weighted by Gasteiger charge is -2.03. The summed E-state index contributed by atoms with van der Waals surface area (Å²) < 4.78 is 1.72. The maximum atomic E-state index is 11.9. The Labute approximate surface area is 120 Å². The maximum absolute atomic E-state index is 11.9. The zero-order valence-corrected chi connectivity index (χ0v) is 11.2. The van der Waals surface area contributed by atoms with Gasteiger partial charge >= 0.3 is 0 Å². The average molecular weight is 289 g/mol. The minimum atomic E-state index is -0.472. The number of amides is 1. The number of nitrogens with one attached hydrogen (secondary N) is 1. The number of non-ortho nitro benzene ring substituents is 1. The molecule has 0 radical (unpaired) electrons. The molecule has 0 unspecified atom stereocenters. The van der Waals surface area contributed by atoms with E-state index in [4.69, 9.17) is 5.73 Å². The highest BCUT2D eigenvalue weighted by Gasteiger charge is 2.10. The molecule has 2 aromatic rings. The highest BCUT2D eigenvalue weighted by Crippen LogP contribution is 2.12. The van der Waals surface area contributed by atoms with Gasteiger partial charge in [-0.25, -0.2) is 4.98 Å². The lowest BCUT2D eigenvalue weighted by atomic mass is 10.2. The quantitative estimate of drug-likeness (QED) is 0.599. The van der Waals surface area contributed by atoms with Gasteiger partial charge in [-0.2, -0.15) is 0 Å². The number of nitrogens with zero attached hydrogens (tertiary/aromatic N) is 3. The van der Waals surface area contributed by atoms with E-state index in [0.29, 0.717) is 18.7 Å². The zero-order chi connectivity index (χ0) is 15.2. The Morgan fingerprint density at radius 2 is 2.29 bits per heavy atom. The van der Waals surface area contributed by atoms with Crippen LogP contribution in [-0.4, -0.2) is 26.9 Å². The van der Waals surface area contributed by atoms with Gasteiger partial charge in [0.2, 0.25) is 0 Å². The number of rotatable bonds is 6. The Morgan fingerprint density at radius 3 is 3.00 bits per heavy atom. The second-order valence-corrected chi connectivity index (χ2v) is 4.40. The van der Waals surface area contributed by atoms with E-state index in [0.717, 1.165) is 0 Å². The van der Waals surface area contributed by atoms with E-state index in [9.17, 15) is 14.9 Å². The van der Waals surface area contributed by atoms with Crippen molar-refractivity contribution in [1.82, 2.24) is 14.9 Å². The number of nitrogens with two attached hydrogens (primary N) is 1. The molecule has 110 valence electrons. The monoisotopic (exact) mass is 289 g/mol. The predicted octanol–water partition coefficient (Wildman–Crippen LogP) is 0.680. The van der Waals surface area contributed by atoms with E-state index in [-0.39, 0.29) is 23.8 Å².